The van der Waals surface area contributed by atoms with Gasteiger partial charge in [0.15, 0.2) is 11.5 Å². The average Bonchev–Trinajstić information content (AvgIpc) is 2.81. The van der Waals surface area contributed by atoms with Crippen LogP contribution >= 0.6 is 11.8 Å². The quantitative estimate of drug-likeness (QED) is 0.911. The average molecular weight is 258 g/mol. The van der Waals surface area contributed by atoms with Gasteiger partial charge in [-0.25, -0.2) is 0 Å². The second kappa shape index (κ2) is 4.94. The predicted octanol–water partition coefficient (Wildman–Crippen LogP) is 3.66. The lowest BCUT2D eigenvalue weighted by Gasteiger charge is -2.13. The molecule has 0 saturated carbocycles. The summed E-state index contributed by atoms with van der Waals surface area (Å²) in [5, 5.41) is 9.65. The number of phenols is 1. The highest BCUT2D eigenvalue weighted by atomic mass is 32.2. The minimum Gasteiger partial charge on any atom is -0.504 e. The first-order valence-corrected chi connectivity index (χ1v) is 6.95. The molecule has 1 aliphatic heterocycles. The number of rotatable bonds is 3. The van der Waals surface area contributed by atoms with Crippen molar-refractivity contribution in [1.29, 1.82) is 0 Å². The molecule has 1 N–H and O–H groups in total. The summed E-state index contributed by atoms with van der Waals surface area (Å²) in [4.78, 5) is 1.35. The van der Waals surface area contributed by atoms with Gasteiger partial charge in [-0.15, -0.1) is 11.8 Å². The van der Waals surface area contributed by atoms with E-state index in [1.54, 1.807) is 18.2 Å². The SMILES string of the molecule is Oc1ccccc1OCC1CSc2ccccc21. The van der Waals surface area contributed by atoms with Gasteiger partial charge in [-0.05, 0) is 23.8 Å². The number of ether oxygens (including phenoxy) is 1. The summed E-state index contributed by atoms with van der Waals surface area (Å²) >= 11 is 1.87. The maximum absolute atomic E-state index is 9.65. The van der Waals surface area contributed by atoms with Gasteiger partial charge in [0.05, 0.1) is 6.61 Å². The molecule has 2 aromatic rings. The molecule has 92 valence electrons. The summed E-state index contributed by atoms with van der Waals surface area (Å²) in [6, 6.07) is 15.6. The van der Waals surface area contributed by atoms with Crippen LogP contribution in [0.1, 0.15) is 11.5 Å². The molecular weight excluding hydrogens is 244 g/mol. The Kier molecular flexibility index (Phi) is 3.15. The summed E-state index contributed by atoms with van der Waals surface area (Å²) in [5.41, 5.74) is 1.36. The summed E-state index contributed by atoms with van der Waals surface area (Å²) in [7, 11) is 0. The number of benzene rings is 2. The lowest BCUT2D eigenvalue weighted by Crippen LogP contribution is -2.09. The van der Waals surface area contributed by atoms with Gasteiger partial charge in [-0.3, -0.25) is 0 Å². The standard InChI is InChI=1S/C15H14O2S/c16-13-6-2-3-7-14(13)17-9-11-10-18-15-8-4-1-5-12(11)15/h1-8,11,16H,9-10H2. The van der Waals surface area contributed by atoms with E-state index in [0.29, 0.717) is 18.3 Å². The van der Waals surface area contributed by atoms with Crippen molar-refractivity contribution in [2.75, 3.05) is 12.4 Å². The van der Waals surface area contributed by atoms with Crippen LogP contribution in [0.3, 0.4) is 0 Å². The van der Waals surface area contributed by atoms with Crippen LogP contribution < -0.4 is 4.74 Å². The van der Waals surface area contributed by atoms with Crippen LogP contribution in [0.25, 0.3) is 0 Å². The van der Waals surface area contributed by atoms with Crippen molar-refractivity contribution in [2.45, 2.75) is 10.8 Å². The van der Waals surface area contributed by atoms with Crippen LogP contribution in [0.15, 0.2) is 53.4 Å². The lowest BCUT2D eigenvalue weighted by molar-refractivity contribution is 0.283. The lowest BCUT2D eigenvalue weighted by atomic mass is 10.0. The van der Waals surface area contributed by atoms with Gasteiger partial charge in [0.1, 0.15) is 0 Å². The third-order valence-electron chi connectivity index (χ3n) is 3.10. The number of aromatic hydroxyl groups is 1. The smallest absolute Gasteiger partial charge is 0.160 e. The summed E-state index contributed by atoms with van der Waals surface area (Å²) in [6.45, 7) is 0.613. The van der Waals surface area contributed by atoms with E-state index in [0.717, 1.165) is 5.75 Å². The van der Waals surface area contributed by atoms with E-state index in [4.69, 9.17) is 4.74 Å². The molecule has 1 atom stereocenters. The monoisotopic (exact) mass is 258 g/mol. The van der Waals surface area contributed by atoms with Crippen molar-refractivity contribution in [2.24, 2.45) is 0 Å². The Balaban J connectivity index is 1.71. The van der Waals surface area contributed by atoms with Crippen molar-refractivity contribution in [3.63, 3.8) is 0 Å². The molecular formula is C15H14O2S. The Morgan fingerprint density at radius 1 is 1.11 bits per heavy atom. The largest absolute Gasteiger partial charge is 0.504 e. The first-order valence-electron chi connectivity index (χ1n) is 5.97. The number of para-hydroxylation sites is 2. The van der Waals surface area contributed by atoms with Crippen LogP contribution in [0, 0.1) is 0 Å². The molecule has 0 aliphatic carbocycles. The first-order chi connectivity index (χ1) is 8.84. The minimum atomic E-state index is 0.205. The number of fused-ring (bicyclic) bond motifs is 1. The number of thioether (sulfide) groups is 1. The van der Waals surface area contributed by atoms with E-state index < -0.39 is 0 Å². The van der Waals surface area contributed by atoms with Crippen molar-refractivity contribution in [3.05, 3.63) is 54.1 Å². The van der Waals surface area contributed by atoms with Crippen LogP contribution in [-0.4, -0.2) is 17.5 Å². The zero-order chi connectivity index (χ0) is 12.4. The molecule has 0 amide bonds. The Labute approximate surface area is 111 Å². The highest BCUT2D eigenvalue weighted by Crippen LogP contribution is 2.39. The fourth-order valence-electron chi connectivity index (χ4n) is 2.14. The summed E-state index contributed by atoms with van der Waals surface area (Å²) in [5.74, 6) is 2.22. The van der Waals surface area contributed by atoms with Crippen molar-refractivity contribution < 1.29 is 9.84 Å². The van der Waals surface area contributed by atoms with E-state index in [1.807, 2.05) is 17.8 Å². The molecule has 0 saturated heterocycles. The summed E-state index contributed by atoms with van der Waals surface area (Å²) in [6.07, 6.45) is 0. The van der Waals surface area contributed by atoms with E-state index in [-0.39, 0.29) is 5.75 Å². The van der Waals surface area contributed by atoms with Crippen LogP contribution in [0.5, 0.6) is 11.5 Å². The predicted molar refractivity (Wildman–Crippen MR) is 73.5 cm³/mol. The zero-order valence-electron chi connectivity index (χ0n) is 9.87. The number of hydrogen-bond donors (Lipinski definition) is 1. The van der Waals surface area contributed by atoms with Crippen molar-refractivity contribution in [3.8, 4) is 11.5 Å². The first kappa shape index (κ1) is 11.5. The van der Waals surface area contributed by atoms with Crippen LogP contribution in [0.2, 0.25) is 0 Å². The Morgan fingerprint density at radius 3 is 2.78 bits per heavy atom. The maximum Gasteiger partial charge on any atom is 0.160 e. The molecule has 0 spiro atoms. The molecule has 1 unspecified atom stereocenters. The van der Waals surface area contributed by atoms with Gasteiger partial charge >= 0.3 is 0 Å². The molecule has 3 rings (SSSR count). The second-order valence-corrected chi connectivity index (χ2v) is 5.39. The Morgan fingerprint density at radius 2 is 1.89 bits per heavy atom. The number of hydrogen-bond acceptors (Lipinski definition) is 3. The van der Waals surface area contributed by atoms with Gasteiger partial charge in [-0.1, -0.05) is 30.3 Å². The molecule has 0 fully saturated rings. The fourth-order valence-corrected chi connectivity index (χ4v) is 3.37. The van der Waals surface area contributed by atoms with E-state index >= 15 is 0 Å². The molecule has 1 heterocycles. The Hall–Kier alpha value is -1.61. The van der Waals surface area contributed by atoms with Crippen molar-refractivity contribution in [1.82, 2.24) is 0 Å². The topological polar surface area (TPSA) is 29.5 Å². The maximum atomic E-state index is 9.65. The zero-order valence-corrected chi connectivity index (χ0v) is 10.7. The highest BCUT2D eigenvalue weighted by Gasteiger charge is 2.23. The van der Waals surface area contributed by atoms with Gasteiger partial charge in [-0.2, -0.15) is 0 Å². The van der Waals surface area contributed by atoms with Crippen molar-refractivity contribution >= 4 is 11.8 Å². The third kappa shape index (κ3) is 2.18. The highest BCUT2D eigenvalue weighted by molar-refractivity contribution is 7.99. The second-order valence-electron chi connectivity index (χ2n) is 4.32. The molecule has 0 aromatic heterocycles. The van der Waals surface area contributed by atoms with E-state index in [2.05, 4.69) is 24.3 Å². The van der Waals surface area contributed by atoms with Crippen LogP contribution in [-0.2, 0) is 0 Å². The van der Waals surface area contributed by atoms with E-state index in [1.165, 1.54) is 10.5 Å². The fraction of sp³-hybridized carbons (Fsp3) is 0.200. The van der Waals surface area contributed by atoms with Gasteiger partial charge in [0.25, 0.3) is 0 Å². The molecule has 3 heteroatoms. The minimum absolute atomic E-state index is 0.205. The van der Waals surface area contributed by atoms with E-state index in [9.17, 15) is 5.11 Å². The van der Waals surface area contributed by atoms with Gasteiger partial charge in [0.2, 0.25) is 0 Å². The molecule has 18 heavy (non-hydrogen) atoms. The summed E-state index contributed by atoms with van der Waals surface area (Å²) < 4.78 is 5.71. The third-order valence-corrected chi connectivity index (χ3v) is 4.36. The van der Waals surface area contributed by atoms with Gasteiger partial charge in [0, 0.05) is 16.6 Å². The molecule has 2 aromatic carbocycles. The molecule has 2 nitrogen and oxygen atoms in total. The Bertz CT molecular complexity index is 554. The molecule has 0 bridgehead atoms. The normalized spacial score (nSPS) is 17.4. The number of phenolic OH excluding ortho intramolecular Hbond substituents is 1. The molecule has 0 radical (unpaired) electrons. The van der Waals surface area contributed by atoms with Crippen LogP contribution in [0.4, 0.5) is 0 Å². The van der Waals surface area contributed by atoms with Gasteiger partial charge < -0.3 is 9.84 Å². The molecule has 1 aliphatic rings.